The summed E-state index contributed by atoms with van der Waals surface area (Å²) in [6.07, 6.45) is 0. The Morgan fingerprint density at radius 2 is 1.70 bits per heavy atom. The molecule has 172 valence electrons. The van der Waals surface area contributed by atoms with Gasteiger partial charge in [0, 0.05) is 47.3 Å². The average Bonchev–Trinajstić information content (AvgIpc) is 3.15. The lowest BCUT2D eigenvalue weighted by Crippen LogP contribution is -2.48. The topological polar surface area (TPSA) is 61.9 Å². The molecule has 0 aliphatic carbocycles. The van der Waals surface area contributed by atoms with Crippen LogP contribution in [0.25, 0.3) is 11.1 Å². The summed E-state index contributed by atoms with van der Waals surface area (Å²) in [4.78, 5) is 30.8. The van der Waals surface area contributed by atoms with Crippen LogP contribution in [0.5, 0.6) is 0 Å². The van der Waals surface area contributed by atoms with E-state index in [0.717, 1.165) is 52.9 Å². The Hall–Kier alpha value is -2.87. The number of esters is 1. The molecule has 8 heteroatoms. The number of amides is 1. The van der Waals surface area contributed by atoms with E-state index in [4.69, 9.17) is 16.3 Å². The third-order valence-corrected chi connectivity index (χ3v) is 6.99. The number of carbonyl (C=O) groups excluding carboxylic acids is 2. The summed E-state index contributed by atoms with van der Waals surface area (Å²) in [6.45, 7) is 5.44. The van der Waals surface area contributed by atoms with Gasteiger partial charge < -0.3 is 15.0 Å². The number of hydrogen-bond donors (Lipinski definition) is 1. The summed E-state index contributed by atoms with van der Waals surface area (Å²) in [5, 5.41) is 4.21. The molecule has 0 radical (unpaired) electrons. The molecule has 3 aromatic rings. The van der Waals surface area contributed by atoms with Crippen molar-refractivity contribution in [1.82, 2.24) is 4.90 Å². The van der Waals surface area contributed by atoms with Gasteiger partial charge in [-0.1, -0.05) is 41.9 Å². The van der Waals surface area contributed by atoms with Gasteiger partial charge in [-0.25, -0.2) is 4.79 Å². The van der Waals surface area contributed by atoms with Gasteiger partial charge in [-0.05, 0) is 36.8 Å². The zero-order chi connectivity index (χ0) is 23.4. The van der Waals surface area contributed by atoms with E-state index in [-0.39, 0.29) is 12.5 Å². The van der Waals surface area contributed by atoms with E-state index in [1.54, 1.807) is 0 Å². The van der Waals surface area contributed by atoms with E-state index >= 15 is 0 Å². The minimum Gasteiger partial charge on any atom is -0.465 e. The van der Waals surface area contributed by atoms with Crippen molar-refractivity contribution in [1.29, 1.82) is 0 Å². The van der Waals surface area contributed by atoms with E-state index in [1.807, 2.05) is 61.5 Å². The first-order valence-electron chi connectivity index (χ1n) is 10.8. The fourth-order valence-electron chi connectivity index (χ4n) is 4.07. The maximum absolute atomic E-state index is 12.9. The summed E-state index contributed by atoms with van der Waals surface area (Å²) in [5.74, 6) is -0.592. The molecule has 0 spiro atoms. The Balaban J connectivity index is 1.43. The maximum Gasteiger partial charge on any atom is 0.341 e. The van der Waals surface area contributed by atoms with Gasteiger partial charge in [0.2, 0.25) is 5.91 Å². The predicted octanol–water partition coefficient (Wildman–Crippen LogP) is 4.92. The van der Waals surface area contributed by atoms with Crippen molar-refractivity contribution >= 4 is 45.5 Å². The molecule has 1 aromatic heterocycles. The predicted molar refractivity (Wildman–Crippen MR) is 135 cm³/mol. The lowest BCUT2D eigenvalue weighted by Gasteiger charge is -2.35. The number of ether oxygens (including phenoxy) is 1. The SMILES string of the molecule is COC(=O)c1c(NC(=O)CN2CCN(c3ccc(Cl)cc3)CC2)sc(C)c1-c1ccccc1. The molecule has 33 heavy (non-hydrogen) atoms. The summed E-state index contributed by atoms with van der Waals surface area (Å²) in [6, 6.07) is 17.5. The summed E-state index contributed by atoms with van der Waals surface area (Å²) >= 11 is 7.38. The molecule has 0 saturated carbocycles. The molecule has 1 N–H and O–H groups in total. The van der Waals surface area contributed by atoms with Gasteiger partial charge >= 0.3 is 5.97 Å². The second-order valence-corrected chi connectivity index (χ2v) is 9.54. The van der Waals surface area contributed by atoms with Crippen molar-refractivity contribution in [2.45, 2.75) is 6.92 Å². The Kier molecular flexibility index (Phi) is 7.33. The first-order valence-corrected chi connectivity index (χ1v) is 12.0. The summed E-state index contributed by atoms with van der Waals surface area (Å²) in [7, 11) is 1.36. The lowest BCUT2D eigenvalue weighted by atomic mass is 10.0. The third kappa shape index (κ3) is 5.38. The molecular weight excluding hydrogens is 458 g/mol. The molecule has 2 heterocycles. The second-order valence-electron chi connectivity index (χ2n) is 7.88. The number of benzene rings is 2. The normalized spacial score (nSPS) is 14.2. The van der Waals surface area contributed by atoms with Crippen LogP contribution in [0.4, 0.5) is 10.7 Å². The van der Waals surface area contributed by atoms with Crippen molar-refractivity contribution in [3.05, 3.63) is 70.1 Å². The third-order valence-electron chi connectivity index (χ3n) is 5.72. The highest BCUT2D eigenvalue weighted by molar-refractivity contribution is 7.17. The highest BCUT2D eigenvalue weighted by Crippen LogP contribution is 2.40. The van der Waals surface area contributed by atoms with Gasteiger partial charge in [0.25, 0.3) is 0 Å². The van der Waals surface area contributed by atoms with Crippen LogP contribution in [0.2, 0.25) is 5.02 Å². The zero-order valence-corrected chi connectivity index (χ0v) is 20.2. The first-order chi connectivity index (χ1) is 16.0. The van der Waals surface area contributed by atoms with E-state index in [0.29, 0.717) is 10.6 Å². The number of halogens is 1. The molecule has 6 nitrogen and oxygen atoms in total. The zero-order valence-electron chi connectivity index (χ0n) is 18.6. The maximum atomic E-state index is 12.9. The van der Waals surface area contributed by atoms with E-state index in [9.17, 15) is 9.59 Å². The Bertz CT molecular complexity index is 1120. The molecule has 4 rings (SSSR count). The van der Waals surface area contributed by atoms with Gasteiger partial charge in [0.1, 0.15) is 10.6 Å². The van der Waals surface area contributed by atoms with Crippen molar-refractivity contribution < 1.29 is 14.3 Å². The molecule has 2 aromatic carbocycles. The minimum absolute atomic E-state index is 0.138. The summed E-state index contributed by atoms with van der Waals surface area (Å²) < 4.78 is 5.04. The quantitative estimate of drug-likeness (QED) is 0.504. The van der Waals surface area contributed by atoms with E-state index in [1.165, 1.54) is 18.4 Å². The van der Waals surface area contributed by atoms with Crippen molar-refractivity contribution in [2.75, 3.05) is 50.1 Å². The van der Waals surface area contributed by atoms with Gasteiger partial charge in [0.15, 0.2) is 0 Å². The van der Waals surface area contributed by atoms with Crippen LogP contribution in [0, 0.1) is 6.92 Å². The molecule has 1 fully saturated rings. The molecule has 0 atom stereocenters. The van der Waals surface area contributed by atoms with Crippen LogP contribution in [0.3, 0.4) is 0 Å². The van der Waals surface area contributed by atoms with Gasteiger partial charge in [-0.15, -0.1) is 11.3 Å². The Labute approximate surface area is 202 Å². The fraction of sp³-hybridized carbons (Fsp3) is 0.280. The van der Waals surface area contributed by atoms with E-state index < -0.39 is 5.97 Å². The number of piperazine rings is 1. The number of anilines is 2. The minimum atomic E-state index is -0.454. The van der Waals surface area contributed by atoms with Crippen LogP contribution in [-0.4, -0.2) is 56.6 Å². The Morgan fingerprint density at radius 1 is 1.03 bits per heavy atom. The number of rotatable bonds is 6. The van der Waals surface area contributed by atoms with Crippen LogP contribution in [-0.2, 0) is 9.53 Å². The number of nitrogens with one attached hydrogen (secondary N) is 1. The molecule has 1 aliphatic heterocycles. The van der Waals surface area contributed by atoms with Crippen LogP contribution in [0.15, 0.2) is 54.6 Å². The second kappa shape index (κ2) is 10.4. The monoisotopic (exact) mass is 483 g/mol. The molecule has 1 saturated heterocycles. The molecule has 0 unspecified atom stereocenters. The number of thiophene rings is 1. The highest BCUT2D eigenvalue weighted by Gasteiger charge is 2.26. The number of nitrogens with zero attached hydrogens (tertiary/aromatic N) is 2. The standard InChI is InChI=1S/C25H26ClN3O3S/c1-17-22(18-6-4-3-5-7-18)23(25(31)32-2)24(33-17)27-21(30)16-28-12-14-29(15-13-28)20-10-8-19(26)9-11-20/h3-11H,12-16H2,1-2H3,(H,27,30). The first kappa shape index (κ1) is 23.3. The van der Waals surface area contributed by atoms with Gasteiger partial charge in [-0.3, -0.25) is 9.69 Å². The number of hydrogen-bond acceptors (Lipinski definition) is 6. The molecule has 1 amide bonds. The smallest absolute Gasteiger partial charge is 0.341 e. The van der Waals surface area contributed by atoms with Crippen molar-refractivity contribution in [3.8, 4) is 11.1 Å². The fourth-order valence-corrected chi connectivity index (χ4v) is 5.27. The Morgan fingerprint density at radius 3 is 2.33 bits per heavy atom. The van der Waals surface area contributed by atoms with Gasteiger partial charge in [-0.2, -0.15) is 0 Å². The number of aryl methyl sites for hydroxylation is 1. The lowest BCUT2D eigenvalue weighted by molar-refractivity contribution is -0.117. The number of carbonyl (C=O) groups is 2. The largest absolute Gasteiger partial charge is 0.465 e. The number of methoxy groups -OCH3 is 1. The van der Waals surface area contributed by atoms with Crippen molar-refractivity contribution in [3.63, 3.8) is 0 Å². The average molecular weight is 484 g/mol. The molecule has 1 aliphatic rings. The van der Waals surface area contributed by atoms with Gasteiger partial charge in [0.05, 0.1) is 13.7 Å². The van der Waals surface area contributed by atoms with Crippen LogP contribution in [0.1, 0.15) is 15.2 Å². The van der Waals surface area contributed by atoms with Crippen LogP contribution < -0.4 is 10.2 Å². The molecule has 0 bridgehead atoms. The highest BCUT2D eigenvalue weighted by atomic mass is 35.5. The van der Waals surface area contributed by atoms with E-state index in [2.05, 4.69) is 15.1 Å². The van der Waals surface area contributed by atoms with Crippen LogP contribution >= 0.6 is 22.9 Å². The molecular formula is C25H26ClN3O3S. The van der Waals surface area contributed by atoms with Crippen molar-refractivity contribution in [2.24, 2.45) is 0 Å². The summed E-state index contributed by atoms with van der Waals surface area (Å²) in [5.41, 5.74) is 3.27.